The molecular formula is C58H112O6. The Balaban J connectivity index is 4.12. The summed E-state index contributed by atoms with van der Waals surface area (Å²) in [6, 6.07) is 0. The lowest BCUT2D eigenvalue weighted by molar-refractivity contribution is -0.167. The van der Waals surface area contributed by atoms with E-state index in [1.165, 1.54) is 238 Å². The van der Waals surface area contributed by atoms with E-state index in [0.29, 0.717) is 19.3 Å². The van der Waals surface area contributed by atoms with Gasteiger partial charge in [0.1, 0.15) is 13.2 Å². The van der Waals surface area contributed by atoms with Gasteiger partial charge >= 0.3 is 17.9 Å². The minimum Gasteiger partial charge on any atom is -0.462 e. The molecule has 1 unspecified atom stereocenters. The maximum absolute atomic E-state index is 12.8. The van der Waals surface area contributed by atoms with E-state index in [0.717, 1.165) is 57.8 Å². The minimum atomic E-state index is -0.760. The van der Waals surface area contributed by atoms with Crippen molar-refractivity contribution in [2.24, 2.45) is 0 Å². The molecule has 0 heterocycles. The van der Waals surface area contributed by atoms with Gasteiger partial charge in [-0.25, -0.2) is 0 Å². The molecule has 1 atom stereocenters. The molecule has 0 aliphatic carbocycles. The number of carbonyl (C=O) groups excluding carboxylic acids is 3. The van der Waals surface area contributed by atoms with Crippen molar-refractivity contribution in [1.29, 1.82) is 0 Å². The minimum absolute atomic E-state index is 0.0618. The van der Waals surface area contributed by atoms with E-state index in [9.17, 15) is 14.4 Å². The first-order chi connectivity index (χ1) is 31.5. The first-order valence-corrected chi connectivity index (χ1v) is 29.0. The lowest BCUT2D eigenvalue weighted by atomic mass is 10.0. The van der Waals surface area contributed by atoms with E-state index in [1.54, 1.807) is 0 Å². The molecule has 64 heavy (non-hydrogen) atoms. The molecule has 0 amide bonds. The van der Waals surface area contributed by atoms with Crippen LogP contribution in [0.4, 0.5) is 0 Å². The van der Waals surface area contributed by atoms with Gasteiger partial charge in [-0.15, -0.1) is 0 Å². The first kappa shape index (κ1) is 62.4. The number of carbonyl (C=O) groups is 3. The summed E-state index contributed by atoms with van der Waals surface area (Å²) in [7, 11) is 0. The van der Waals surface area contributed by atoms with Crippen LogP contribution in [-0.4, -0.2) is 37.2 Å². The number of rotatable bonds is 54. The van der Waals surface area contributed by atoms with Crippen molar-refractivity contribution < 1.29 is 28.6 Å². The van der Waals surface area contributed by atoms with Gasteiger partial charge in [0.25, 0.3) is 0 Å². The largest absolute Gasteiger partial charge is 0.462 e. The fourth-order valence-corrected chi connectivity index (χ4v) is 8.98. The molecule has 6 nitrogen and oxygen atoms in total. The molecule has 0 aromatic carbocycles. The van der Waals surface area contributed by atoms with Crippen molar-refractivity contribution >= 4 is 17.9 Å². The van der Waals surface area contributed by atoms with Crippen molar-refractivity contribution in [3.63, 3.8) is 0 Å². The van der Waals surface area contributed by atoms with E-state index < -0.39 is 6.10 Å². The van der Waals surface area contributed by atoms with Crippen LogP contribution in [0, 0.1) is 0 Å². The molecule has 0 aromatic heterocycles. The second kappa shape index (κ2) is 54.0. The summed E-state index contributed by atoms with van der Waals surface area (Å²) >= 11 is 0. The summed E-state index contributed by atoms with van der Waals surface area (Å²) in [5.41, 5.74) is 0. The van der Waals surface area contributed by atoms with E-state index in [1.807, 2.05) is 0 Å². The Bertz CT molecular complexity index is 951. The lowest BCUT2D eigenvalue weighted by Crippen LogP contribution is -2.30. The van der Waals surface area contributed by atoms with Crippen LogP contribution in [0.2, 0.25) is 0 Å². The molecule has 0 spiro atoms. The molecule has 0 fully saturated rings. The summed E-state index contributed by atoms with van der Waals surface area (Å²) in [5.74, 6) is -0.842. The normalized spacial score (nSPS) is 11.9. The van der Waals surface area contributed by atoms with E-state index in [4.69, 9.17) is 14.2 Å². The fourth-order valence-electron chi connectivity index (χ4n) is 8.98. The van der Waals surface area contributed by atoms with Gasteiger partial charge in [-0.2, -0.15) is 0 Å². The second-order valence-electron chi connectivity index (χ2n) is 19.9. The molecule has 0 bridgehead atoms. The average Bonchev–Trinajstić information content (AvgIpc) is 3.29. The molecule has 0 aliphatic rings. The van der Waals surface area contributed by atoms with Gasteiger partial charge in [-0.3, -0.25) is 14.4 Å². The highest BCUT2D eigenvalue weighted by Crippen LogP contribution is 2.18. The monoisotopic (exact) mass is 905 g/mol. The Hall–Kier alpha value is -1.59. The first-order valence-electron chi connectivity index (χ1n) is 29.0. The number of hydrogen-bond donors (Lipinski definition) is 0. The topological polar surface area (TPSA) is 78.9 Å². The Morgan fingerprint density at radius 1 is 0.250 bits per heavy atom. The van der Waals surface area contributed by atoms with Crippen molar-refractivity contribution in [2.45, 2.75) is 341 Å². The summed E-state index contributed by atoms with van der Waals surface area (Å²) in [5, 5.41) is 0. The average molecular weight is 906 g/mol. The second-order valence-corrected chi connectivity index (χ2v) is 19.9. The van der Waals surface area contributed by atoms with E-state index in [-0.39, 0.29) is 31.1 Å². The predicted octanol–water partition coefficient (Wildman–Crippen LogP) is 19.2. The van der Waals surface area contributed by atoms with E-state index in [2.05, 4.69) is 20.8 Å². The number of esters is 3. The molecule has 0 saturated heterocycles. The molecule has 380 valence electrons. The standard InChI is InChI=1S/C58H112O6/c1-4-7-10-13-16-18-20-22-24-26-28-30-31-33-35-37-39-42-45-48-51-57(60)63-54-55(53-62-56(59)50-47-44-41-15-12-9-6-3)64-58(61)52-49-46-43-40-38-36-34-32-29-27-25-23-21-19-17-14-11-8-5-2/h55H,4-54H2,1-3H3. The Morgan fingerprint density at radius 2 is 0.422 bits per heavy atom. The van der Waals surface area contributed by atoms with Gasteiger partial charge in [0, 0.05) is 19.3 Å². The fraction of sp³-hybridized carbons (Fsp3) is 0.948. The van der Waals surface area contributed by atoms with Gasteiger partial charge < -0.3 is 14.2 Å². The molecule has 6 heteroatoms. The van der Waals surface area contributed by atoms with Crippen molar-refractivity contribution in [3.05, 3.63) is 0 Å². The third-order valence-corrected chi connectivity index (χ3v) is 13.4. The van der Waals surface area contributed by atoms with Gasteiger partial charge in [0.05, 0.1) is 0 Å². The molecule has 0 N–H and O–H groups in total. The van der Waals surface area contributed by atoms with Crippen LogP contribution < -0.4 is 0 Å². The van der Waals surface area contributed by atoms with E-state index >= 15 is 0 Å². The van der Waals surface area contributed by atoms with Gasteiger partial charge in [0.2, 0.25) is 0 Å². The number of unbranched alkanes of at least 4 members (excludes halogenated alkanes) is 43. The smallest absolute Gasteiger partial charge is 0.306 e. The van der Waals surface area contributed by atoms with Crippen LogP contribution >= 0.6 is 0 Å². The SMILES string of the molecule is CCCCCCCCCCCCCCCCCCCCCCC(=O)OCC(COC(=O)CCCCCCCCC)OC(=O)CCCCCCCCCCCCCCCCCCCCC. The van der Waals surface area contributed by atoms with Gasteiger partial charge in [0.15, 0.2) is 6.10 Å². The third-order valence-electron chi connectivity index (χ3n) is 13.4. The number of hydrogen-bond acceptors (Lipinski definition) is 6. The maximum atomic E-state index is 12.8. The zero-order valence-corrected chi connectivity index (χ0v) is 43.6. The van der Waals surface area contributed by atoms with Crippen LogP contribution in [-0.2, 0) is 28.6 Å². The number of ether oxygens (including phenoxy) is 3. The quantitative estimate of drug-likeness (QED) is 0.0344. The van der Waals surface area contributed by atoms with Crippen LogP contribution in [0.1, 0.15) is 335 Å². The summed E-state index contributed by atoms with van der Waals surface area (Å²) < 4.78 is 16.8. The maximum Gasteiger partial charge on any atom is 0.306 e. The van der Waals surface area contributed by atoms with Crippen LogP contribution in [0.15, 0.2) is 0 Å². The molecule has 0 aliphatic heterocycles. The molecular weight excluding hydrogens is 793 g/mol. The summed E-state index contributed by atoms with van der Waals surface area (Å²) in [6.07, 6.45) is 59.8. The molecule has 0 rings (SSSR count). The van der Waals surface area contributed by atoms with Crippen LogP contribution in [0.5, 0.6) is 0 Å². The highest BCUT2D eigenvalue weighted by atomic mass is 16.6. The molecule has 0 saturated carbocycles. The third kappa shape index (κ3) is 51.4. The zero-order chi connectivity index (χ0) is 46.5. The zero-order valence-electron chi connectivity index (χ0n) is 43.6. The van der Waals surface area contributed by atoms with Crippen LogP contribution in [0.25, 0.3) is 0 Å². The Labute approximate surface area is 399 Å². The predicted molar refractivity (Wildman–Crippen MR) is 275 cm³/mol. The van der Waals surface area contributed by atoms with Crippen molar-refractivity contribution in [2.75, 3.05) is 13.2 Å². The molecule has 0 radical (unpaired) electrons. The highest BCUT2D eigenvalue weighted by Gasteiger charge is 2.19. The Kier molecular flexibility index (Phi) is 52.7. The van der Waals surface area contributed by atoms with Crippen molar-refractivity contribution in [1.82, 2.24) is 0 Å². The molecule has 0 aromatic rings. The van der Waals surface area contributed by atoms with Crippen LogP contribution in [0.3, 0.4) is 0 Å². The summed E-state index contributed by atoms with van der Waals surface area (Å²) in [6.45, 7) is 6.67. The Morgan fingerprint density at radius 3 is 0.625 bits per heavy atom. The van der Waals surface area contributed by atoms with Gasteiger partial charge in [-0.1, -0.05) is 297 Å². The van der Waals surface area contributed by atoms with Gasteiger partial charge in [-0.05, 0) is 19.3 Å². The van der Waals surface area contributed by atoms with Crippen molar-refractivity contribution in [3.8, 4) is 0 Å². The lowest BCUT2D eigenvalue weighted by Gasteiger charge is -2.18. The summed E-state index contributed by atoms with van der Waals surface area (Å²) in [4.78, 5) is 37.9. The highest BCUT2D eigenvalue weighted by molar-refractivity contribution is 5.71.